The van der Waals surface area contributed by atoms with Gasteiger partial charge in [-0.1, -0.05) is 6.07 Å². The van der Waals surface area contributed by atoms with Crippen molar-refractivity contribution in [1.82, 2.24) is 10.6 Å². The average molecular weight is 275 g/mol. The summed E-state index contributed by atoms with van der Waals surface area (Å²) in [5.41, 5.74) is 8.72. The van der Waals surface area contributed by atoms with Crippen molar-refractivity contribution in [3.63, 3.8) is 0 Å². The number of carbonyl (C=O) groups is 2. The molecule has 0 bridgehead atoms. The molecule has 0 spiro atoms. The predicted octanol–water partition coefficient (Wildman–Crippen LogP) is 1.28. The smallest absolute Gasteiger partial charge is 0.252 e. The monoisotopic (exact) mass is 275 g/mol. The maximum atomic E-state index is 12.2. The van der Waals surface area contributed by atoms with Crippen LogP contribution in [0.2, 0.25) is 0 Å². The van der Waals surface area contributed by atoms with Gasteiger partial charge in [0, 0.05) is 17.3 Å². The summed E-state index contributed by atoms with van der Waals surface area (Å²) in [7, 11) is 0. The molecule has 0 aliphatic heterocycles. The van der Waals surface area contributed by atoms with Gasteiger partial charge in [-0.25, -0.2) is 0 Å². The molecule has 1 atom stereocenters. The van der Waals surface area contributed by atoms with Crippen LogP contribution in [0.4, 0.5) is 5.69 Å². The lowest BCUT2D eigenvalue weighted by Gasteiger charge is -2.15. The maximum absolute atomic E-state index is 12.2. The van der Waals surface area contributed by atoms with Crippen LogP contribution >= 0.6 is 0 Å². The summed E-state index contributed by atoms with van der Waals surface area (Å²) < 4.78 is 0. The summed E-state index contributed by atoms with van der Waals surface area (Å²) in [6.07, 6.45) is 2.06. The lowest BCUT2D eigenvalue weighted by molar-refractivity contribution is -0.122. The van der Waals surface area contributed by atoms with Crippen molar-refractivity contribution in [3.8, 4) is 0 Å². The molecule has 1 aromatic carbocycles. The molecule has 2 rings (SSSR count). The molecule has 4 N–H and O–H groups in total. The van der Waals surface area contributed by atoms with Crippen molar-refractivity contribution in [1.29, 1.82) is 0 Å². The number of nitrogens with one attached hydrogen (secondary N) is 2. The molecular formula is C15H21N3O2. The molecule has 20 heavy (non-hydrogen) atoms. The molecule has 1 saturated carbocycles. The fraction of sp³-hybridized carbons (Fsp3) is 0.467. The molecule has 1 aromatic rings. The molecule has 0 saturated heterocycles. The van der Waals surface area contributed by atoms with E-state index in [1.807, 2.05) is 19.9 Å². The van der Waals surface area contributed by atoms with Crippen molar-refractivity contribution in [2.24, 2.45) is 0 Å². The van der Waals surface area contributed by atoms with E-state index in [1.165, 1.54) is 0 Å². The first-order valence-electron chi connectivity index (χ1n) is 6.86. The second kappa shape index (κ2) is 5.53. The molecule has 5 nitrogen and oxygen atoms in total. The molecule has 0 heterocycles. The maximum Gasteiger partial charge on any atom is 0.252 e. The lowest BCUT2D eigenvalue weighted by Crippen LogP contribution is -2.45. The Morgan fingerprint density at radius 2 is 1.90 bits per heavy atom. The molecule has 1 aliphatic carbocycles. The van der Waals surface area contributed by atoms with Gasteiger partial charge in [-0.05, 0) is 50.8 Å². The van der Waals surface area contributed by atoms with Crippen LogP contribution in [0.15, 0.2) is 12.1 Å². The summed E-state index contributed by atoms with van der Waals surface area (Å²) in [5, 5.41) is 5.58. The zero-order chi connectivity index (χ0) is 14.9. The Labute approximate surface area is 118 Å². The first-order valence-corrected chi connectivity index (χ1v) is 6.86. The van der Waals surface area contributed by atoms with E-state index in [4.69, 9.17) is 5.73 Å². The Morgan fingerprint density at radius 1 is 1.25 bits per heavy atom. The molecule has 1 unspecified atom stereocenters. The van der Waals surface area contributed by atoms with E-state index in [1.54, 1.807) is 13.0 Å². The zero-order valence-corrected chi connectivity index (χ0v) is 12.1. The van der Waals surface area contributed by atoms with Crippen LogP contribution in [-0.4, -0.2) is 23.9 Å². The molecule has 0 aromatic heterocycles. The number of benzene rings is 1. The van der Waals surface area contributed by atoms with Gasteiger partial charge >= 0.3 is 0 Å². The normalized spacial score (nSPS) is 15.6. The summed E-state index contributed by atoms with van der Waals surface area (Å²) >= 11 is 0. The van der Waals surface area contributed by atoms with E-state index >= 15 is 0 Å². The Hall–Kier alpha value is -2.04. The van der Waals surface area contributed by atoms with Gasteiger partial charge in [0.25, 0.3) is 5.91 Å². The van der Waals surface area contributed by atoms with Gasteiger partial charge in [0.05, 0.1) is 0 Å². The summed E-state index contributed by atoms with van der Waals surface area (Å²) in [5.74, 6) is -0.411. The molecule has 108 valence electrons. The number of rotatable bonds is 4. The van der Waals surface area contributed by atoms with E-state index in [2.05, 4.69) is 10.6 Å². The van der Waals surface area contributed by atoms with Crippen molar-refractivity contribution in [3.05, 3.63) is 28.8 Å². The predicted molar refractivity (Wildman–Crippen MR) is 78.4 cm³/mol. The quantitative estimate of drug-likeness (QED) is 0.724. The summed E-state index contributed by atoms with van der Waals surface area (Å²) in [4.78, 5) is 24.0. The van der Waals surface area contributed by atoms with Crippen molar-refractivity contribution < 1.29 is 9.59 Å². The minimum atomic E-state index is -0.551. The molecule has 2 amide bonds. The molecular weight excluding hydrogens is 254 g/mol. The van der Waals surface area contributed by atoms with E-state index < -0.39 is 6.04 Å². The van der Waals surface area contributed by atoms with Gasteiger partial charge < -0.3 is 16.4 Å². The second-order valence-electron chi connectivity index (χ2n) is 5.50. The number of amides is 2. The lowest BCUT2D eigenvalue weighted by atomic mass is 10.0. The van der Waals surface area contributed by atoms with Gasteiger partial charge in [-0.2, -0.15) is 0 Å². The minimum Gasteiger partial charge on any atom is -0.398 e. The largest absolute Gasteiger partial charge is 0.398 e. The highest BCUT2D eigenvalue weighted by Crippen LogP contribution is 2.19. The Kier molecular flexibility index (Phi) is 3.97. The van der Waals surface area contributed by atoms with Crippen molar-refractivity contribution in [2.45, 2.75) is 45.7 Å². The highest BCUT2D eigenvalue weighted by atomic mass is 16.2. The number of nitrogen functional groups attached to an aromatic ring is 1. The van der Waals surface area contributed by atoms with Crippen LogP contribution in [0.1, 0.15) is 41.3 Å². The molecule has 1 aliphatic rings. The molecule has 1 fully saturated rings. The van der Waals surface area contributed by atoms with Crippen LogP contribution in [-0.2, 0) is 4.79 Å². The van der Waals surface area contributed by atoms with Crippen LogP contribution in [0.3, 0.4) is 0 Å². The van der Waals surface area contributed by atoms with Crippen molar-refractivity contribution >= 4 is 17.5 Å². The van der Waals surface area contributed by atoms with E-state index in [-0.39, 0.29) is 11.8 Å². The van der Waals surface area contributed by atoms with E-state index in [0.29, 0.717) is 17.3 Å². The van der Waals surface area contributed by atoms with Crippen LogP contribution < -0.4 is 16.4 Å². The standard InChI is InChI=1S/C15H21N3O2/c1-8-6-9(2)13(16)7-12(8)15(20)17-10(3)14(19)18-11-4-5-11/h6-7,10-11H,4-5,16H2,1-3H3,(H,17,20)(H,18,19). The fourth-order valence-electron chi connectivity index (χ4n) is 2.01. The second-order valence-corrected chi connectivity index (χ2v) is 5.50. The first kappa shape index (κ1) is 14.4. The number of hydrogen-bond acceptors (Lipinski definition) is 3. The molecule has 0 radical (unpaired) electrons. The third-order valence-electron chi connectivity index (χ3n) is 3.52. The summed E-state index contributed by atoms with van der Waals surface area (Å²) in [6.45, 7) is 5.44. The number of hydrogen-bond donors (Lipinski definition) is 3. The SMILES string of the molecule is Cc1cc(C)c(C(=O)NC(C)C(=O)NC2CC2)cc1N. The van der Waals surface area contributed by atoms with Gasteiger partial charge in [0.15, 0.2) is 0 Å². The number of nitrogens with two attached hydrogens (primary N) is 1. The van der Waals surface area contributed by atoms with Crippen LogP contribution in [0, 0.1) is 13.8 Å². The number of anilines is 1. The minimum absolute atomic E-state index is 0.140. The average Bonchev–Trinajstić information content (AvgIpc) is 3.17. The number of carbonyl (C=O) groups excluding carboxylic acids is 2. The third-order valence-corrected chi connectivity index (χ3v) is 3.52. The van der Waals surface area contributed by atoms with Gasteiger partial charge in [-0.15, -0.1) is 0 Å². The molecule has 5 heteroatoms. The van der Waals surface area contributed by atoms with Gasteiger partial charge in [-0.3, -0.25) is 9.59 Å². The Morgan fingerprint density at radius 3 is 2.50 bits per heavy atom. The Bertz CT molecular complexity index is 550. The summed E-state index contributed by atoms with van der Waals surface area (Å²) in [6, 6.07) is 3.27. The third kappa shape index (κ3) is 3.29. The van der Waals surface area contributed by atoms with Crippen molar-refractivity contribution in [2.75, 3.05) is 5.73 Å². The van der Waals surface area contributed by atoms with Crippen LogP contribution in [0.25, 0.3) is 0 Å². The highest BCUT2D eigenvalue weighted by Gasteiger charge is 2.26. The van der Waals surface area contributed by atoms with E-state index in [9.17, 15) is 9.59 Å². The van der Waals surface area contributed by atoms with E-state index in [0.717, 1.165) is 24.0 Å². The Balaban J connectivity index is 2.03. The first-order chi connectivity index (χ1) is 9.38. The van der Waals surface area contributed by atoms with Gasteiger partial charge in [0.1, 0.15) is 6.04 Å². The fourth-order valence-corrected chi connectivity index (χ4v) is 2.01. The topological polar surface area (TPSA) is 84.2 Å². The number of aryl methyl sites for hydroxylation is 2. The van der Waals surface area contributed by atoms with Gasteiger partial charge in [0.2, 0.25) is 5.91 Å². The van der Waals surface area contributed by atoms with Crippen LogP contribution in [0.5, 0.6) is 0 Å². The highest BCUT2D eigenvalue weighted by molar-refractivity contribution is 5.99. The zero-order valence-electron chi connectivity index (χ0n) is 12.1.